The highest BCUT2D eigenvalue weighted by Gasteiger charge is 2.36. The van der Waals surface area contributed by atoms with Crippen LogP contribution in [-0.2, 0) is 21.4 Å². The van der Waals surface area contributed by atoms with Crippen molar-refractivity contribution in [1.82, 2.24) is 19.4 Å². The summed E-state index contributed by atoms with van der Waals surface area (Å²) >= 11 is 0. The molecule has 1 aliphatic heterocycles. The second-order valence-corrected chi connectivity index (χ2v) is 11.7. The van der Waals surface area contributed by atoms with E-state index in [9.17, 15) is 13.2 Å². The number of carbonyl (C=O) groups excluding carboxylic acids is 1. The minimum absolute atomic E-state index is 0.117. The summed E-state index contributed by atoms with van der Waals surface area (Å²) in [6, 6.07) is 8.53. The van der Waals surface area contributed by atoms with E-state index in [0.717, 1.165) is 17.8 Å². The Kier molecular flexibility index (Phi) is 7.74. The van der Waals surface area contributed by atoms with Crippen LogP contribution in [0.3, 0.4) is 0 Å². The molecule has 9 heteroatoms. The summed E-state index contributed by atoms with van der Waals surface area (Å²) in [6.07, 6.45) is 7.67. The lowest BCUT2D eigenvalue weighted by atomic mass is 9.94. The highest BCUT2D eigenvalue weighted by atomic mass is 32.2. The van der Waals surface area contributed by atoms with Gasteiger partial charge in [-0.05, 0) is 58.2 Å². The zero-order valence-corrected chi connectivity index (χ0v) is 21.3. The molecule has 1 atom stereocenters. The number of hydrogen-bond donors (Lipinski definition) is 2. The lowest BCUT2D eigenvalue weighted by molar-refractivity contribution is -0.120. The molecule has 0 radical (unpaired) electrons. The average molecular weight is 488 g/mol. The zero-order valence-electron chi connectivity index (χ0n) is 20.5. The SMILES string of the molecule is Cc1n[nH]c(C)c1S(=O)(=O)N1CCCC(C(=O)Nc2ccccc2CN(C)C2CCCCC2)C1. The van der Waals surface area contributed by atoms with E-state index in [2.05, 4.69) is 33.5 Å². The first-order valence-corrected chi connectivity index (χ1v) is 13.8. The van der Waals surface area contributed by atoms with Crippen LogP contribution < -0.4 is 5.32 Å². The molecule has 0 bridgehead atoms. The monoisotopic (exact) mass is 487 g/mol. The first-order chi connectivity index (χ1) is 16.3. The number of hydrogen-bond acceptors (Lipinski definition) is 5. The maximum Gasteiger partial charge on any atom is 0.246 e. The number of nitrogens with zero attached hydrogens (tertiary/aromatic N) is 3. The van der Waals surface area contributed by atoms with Gasteiger partial charge in [-0.1, -0.05) is 37.5 Å². The number of aromatic amines is 1. The van der Waals surface area contributed by atoms with Crippen LogP contribution >= 0.6 is 0 Å². The van der Waals surface area contributed by atoms with Crippen molar-refractivity contribution in [3.63, 3.8) is 0 Å². The summed E-state index contributed by atoms with van der Waals surface area (Å²) in [5.41, 5.74) is 2.89. The van der Waals surface area contributed by atoms with Crippen LogP contribution in [0.4, 0.5) is 5.69 Å². The quantitative estimate of drug-likeness (QED) is 0.619. The molecule has 1 aromatic heterocycles. The minimum atomic E-state index is -3.70. The fraction of sp³-hybridized carbons (Fsp3) is 0.600. The molecule has 2 heterocycles. The molecule has 2 fully saturated rings. The van der Waals surface area contributed by atoms with E-state index in [1.54, 1.807) is 13.8 Å². The fourth-order valence-corrected chi connectivity index (χ4v) is 7.21. The number of piperidine rings is 1. The zero-order chi connectivity index (χ0) is 24.3. The molecule has 1 unspecified atom stereocenters. The summed E-state index contributed by atoms with van der Waals surface area (Å²) in [5.74, 6) is -0.506. The molecule has 186 valence electrons. The van der Waals surface area contributed by atoms with E-state index in [1.165, 1.54) is 36.4 Å². The molecule has 1 amide bonds. The van der Waals surface area contributed by atoms with Crippen molar-refractivity contribution in [2.75, 3.05) is 25.5 Å². The summed E-state index contributed by atoms with van der Waals surface area (Å²) in [6.45, 7) is 4.78. The van der Waals surface area contributed by atoms with Crippen LogP contribution in [-0.4, -0.2) is 59.9 Å². The van der Waals surface area contributed by atoms with Crippen molar-refractivity contribution in [1.29, 1.82) is 0 Å². The summed E-state index contributed by atoms with van der Waals surface area (Å²) in [4.78, 5) is 15.9. The smallest absolute Gasteiger partial charge is 0.246 e. The van der Waals surface area contributed by atoms with Crippen molar-refractivity contribution >= 4 is 21.6 Å². The van der Waals surface area contributed by atoms with Crippen molar-refractivity contribution in [2.45, 2.75) is 76.3 Å². The Balaban J connectivity index is 1.44. The standard InChI is InChI=1S/C25H37N5O3S/c1-18-24(19(2)28-27-18)34(32,33)30-15-9-11-21(17-30)25(31)26-23-14-8-7-10-20(23)16-29(3)22-12-5-4-6-13-22/h7-8,10,14,21-22H,4-6,9,11-13,15-17H2,1-3H3,(H,26,31)(H,27,28). The van der Waals surface area contributed by atoms with Gasteiger partial charge in [0.15, 0.2) is 0 Å². The van der Waals surface area contributed by atoms with Gasteiger partial charge in [0.25, 0.3) is 0 Å². The predicted octanol–water partition coefficient (Wildman–Crippen LogP) is 3.83. The molecule has 2 aliphatic rings. The Morgan fingerprint density at radius 2 is 1.88 bits per heavy atom. The second kappa shape index (κ2) is 10.6. The third kappa shape index (κ3) is 5.37. The van der Waals surface area contributed by atoms with Crippen LogP contribution in [0.5, 0.6) is 0 Å². The van der Waals surface area contributed by atoms with Crippen LogP contribution in [0.25, 0.3) is 0 Å². The molecule has 1 aromatic carbocycles. The number of sulfonamides is 1. The first kappa shape index (κ1) is 24.9. The van der Waals surface area contributed by atoms with Gasteiger partial charge in [0, 0.05) is 31.4 Å². The summed E-state index contributed by atoms with van der Waals surface area (Å²) in [7, 11) is -1.54. The third-order valence-corrected chi connectivity index (χ3v) is 9.44. The van der Waals surface area contributed by atoms with E-state index in [0.29, 0.717) is 36.8 Å². The van der Waals surface area contributed by atoms with Gasteiger partial charge in [0.1, 0.15) is 4.90 Å². The minimum Gasteiger partial charge on any atom is -0.326 e. The number of H-pyrrole nitrogens is 1. The Labute approximate surface area is 203 Å². The maximum absolute atomic E-state index is 13.3. The molecule has 4 rings (SSSR count). The lowest BCUT2D eigenvalue weighted by Crippen LogP contribution is -2.44. The van der Waals surface area contributed by atoms with Crippen LogP contribution in [0.15, 0.2) is 29.2 Å². The van der Waals surface area contributed by atoms with E-state index < -0.39 is 10.0 Å². The Morgan fingerprint density at radius 3 is 2.59 bits per heavy atom. The van der Waals surface area contributed by atoms with Crippen molar-refractivity contribution in [3.8, 4) is 0 Å². The maximum atomic E-state index is 13.3. The molecule has 1 saturated heterocycles. The molecule has 2 aromatic rings. The van der Waals surface area contributed by atoms with Gasteiger partial charge >= 0.3 is 0 Å². The molecule has 1 saturated carbocycles. The van der Waals surface area contributed by atoms with Gasteiger partial charge in [-0.25, -0.2) is 8.42 Å². The molecule has 34 heavy (non-hydrogen) atoms. The molecular weight excluding hydrogens is 450 g/mol. The Bertz CT molecular complexity index is 1090. The number of benzene rings is 1. The molecule has 0 spiro atoms. The number of aromatic nitrogens is 2. The number of amides is 1. The Morgan fingerprint density at radius 1 is 1.15 bits per heavy atom. The van der Waals surface area contributed by atoms with Crippen LogP contribution in [0.2, 0.25) is 0 Å². The van der Waals surface area contributed by atoms with E-state index in [1.807, 2.05) is 18.2 Å². The van der Waals surface area contributed by atoms with Crippen LogP contribution in [0.1, 0.15) is 61.9 Å². The predicted molar refractivity (Wildman–Crippen MR) is 133 cm³/mol. The molecule has 8 nitrogen and oxygen atoms in total. The van der Waals surface area contributed by atoms with Gasteiger partial charge in [-0.15, -0.1) is 0 Å². The summed E-state index contributed by atoms with van der Waals surface area (Å²) < 4.78 is 28.0. The van der Waals surface area contributed by atoms with Crippen LogP contribution in [0, 0.1) is 19.8 Å². The number of nitrogens with one attached hydrogen (secondary N) is 2. The highest BCUT2D eigenvalue weighted by Crippen LogP contribution is 2.29. The normalized spacial score (nSPS) is 20.5. The van der Waals surface area contributed by atoms with Gasteiger partial charge in [0.05, 0.1) is 17.3 Å². The molecular formula is C25H37N5O3S. The fourth-order valence-electron chi connectivity index (χ4n) is 5.36. The number of para-hydroxylation sites is 1. The second-order valence-electron chi connectivity index (χ2n) is 9.82. The third-order valence-electron chi connectivity index (χ3n) is 7.31. The topological polar surface area (TPSA) is 98.4 Å². The van der Waals surface area contributed by atoms with E-state index >= 15 is 0 Å². The summed E-state index contributed by atoms with van der Waals surface area (Å²) in [5, 5.41) is 9.91. The van der Waals surface area contributed by atoms with Gasteiger partial charge < -0.3 is 5.32 Å². The Hall–Kier alpha value is -2.23. The number of aryl methyl sites for hydroxylation is 2. The van der Waals surface area contributed by atoms with E-state index in [-0.39, 0.29) is 23.3 Å². The largest absolute Gasteiger partial charge is 0.326 e. The van der Waals surface area contributed by atoms with Gasteiger partial charge in [-0.3, -0.25) is 14.8 Å². The first-order valence-electron chi connectivity index (χ1n) is 12.4. The molecule has 1 aliphatic carbocycles. The molecule has 2 N–H and O–H groups in total. The highest BCUT2D eigenvalue weighted by molar-refractivity contribution is 7.89. The van der Waals surface area contributed by atoms with E-state index in [4.69, 9.17) is 0 Å². The van der Waals surface area contributed by atoms with Crippen molar-refractivity contribution in [2.24, 2.45) is 5.92 Å². The average Bonchev–Trinajstić information content (AvgIpc) is 3.19. The van der Waals surface area contributed by atoms with Crippen molar-refractivity contribution < 1.29 is 13.2 Å². The van der Waals surface area contributed by atoms with Gasteiger partial charge in [0.2, 0.25) is 15.9 Å². The van der Waals surface area contributed by atoms with Gasteiger partial charge in [-0.2, -0.15) is 9.40 Å². The number of carbonyl (C=O) groups is 1. The number of anilines is 1. The lowest BCUT2D eigenvalue weighted by Gasteiger charge is -2.32. The number of rotatable bonds is 7. The van der Waals surface area contributed by atoms with Crippen molar-refractivity contribution in [3.05, 3.63) is 41.2 Å².